The summed E-state index contributed by atoms with van der Waals surface area (Å²) in [5.74, 6) is 0.946. The Kier molecular flexibility index (Phi) is 5.61. The van der Waals surface area contributed by atoms with E-state index in [1.165, 1.54) is 0 Å². The third-order valence-electron chi connectivity index (χ3n) is 4.04. The van der Waals surface area contributed by atoms with Gasteiger partial charge in [-0.15, -0.1) is 0 Å². The Labute approximate surface area is 157 Å². The van der Waals surface area contributed by atoms with Crippen LogP contribution in [-0.2, 0) is 6.54 Å². The molecule has 0 aliphatic heterocycles. The van der Waals surface area contributed by atoms with Crippen LogP contribution in [0.3, 0.4) is 0 Å². The number of aliphatic hydroxyl groups is 1. The Morgan fingerprint density at radius 1 is 1.11 bits per heavy atom. The number of hydrogen-bond donors (Lipinski definition) is 2. The van der Waals surface area contributed by atoms with Crippen molar-refractivity contribution in [2.24, 2.45) is 0 Å². The van der Waals surface area contributed by atoms with E-state index < -0.39 is 6.10 Å². The van der Waals surface area contributed by atoms with Crippen LogP contribution < -0.4 is 5.32 Å². The van der Waals surface area contributed by atoms with Gasteiger partial charge in [-0.05, 0) is 31.2 Å². The SMILES string of the molecule is CC(C)c1noc(CNC(=O)c2ccc(-c3cccc([C@@H](C)O)n3)cc2)n1. The van der Waals surface area contributed by atoms with E-state index in [-0.39, 0.29) is 18.4 Å². The van der Waals surface area contributed by atoms with E-state index in [1.54, 1.807) is 25.1 Å². The molecule has 0 spiro atoms. The average molecular weight is 366 g/mol. The molecule has 2 N–H and O–H groups in total. The summed E-state index contributed by atoms with van der Waals surface area (Å²) in [6, 6.07) is 12.6. The van der Waals surface area contributed by atoms with Crippen molar-refractivity contribution in [2.75, 3.05) is 0 Å². The topological polar surface area (TPSA) is 101 Å². The molecule has 1 amide bonds. The lowest BCUT2D eigenvalue weighted by Gasteiger charge is -2.08. The van der Waals surface area contributed by atoms with E-state index in [4.69, 9.17) is 4.52 Å². The molecule has 0 saturated carbocycles. The molecule has 0 unspecified atom stereocenters. The number of nitrogens with zero attached hydrogens (tertiary/aromatic N) is 3. The van der Waals surface area contributed by atoms with Crippen molar-refractivity contribution in [3.05, 3.63) is 65.4 Å². The van der Waals surface area contributed by atoms with Crippen molar-refractivity contribution in [1.82, 2.24) is 20.4 Å². The van der Waals surface area contributed by atoms with E-state index in [0.29, 0.717) is 23.0 Å². The smallest absolute Gasteiger partial charge is 0.251 e. The highest BCUT2D eigenvalue weighted by molar-refractivity contribution is 5.94. The Bertz CT molecular complexity index is 917. The number of carbonyl (C=O) groups excluding carboxylic acids is 1. The molecule has 140 valence electrons. The van der Waals surface area contributed by atoms with Crippen LogP contribution in [0.1, 0.15) is 60.6 Å². The van der Waals surface area contributed by atoms with E-state index in [2.05, 4.69) is 20.4 Å². The summed E-state index contributed by atoms with van der Waals surface area (Å²) in [5.41, 5.74) is 2.74. The molecule has 1 atom stereocenters. The number of hydrogen-bond acceptors (Lipinski definition) is 6. The van der Waals surface area contributed by atoms with Gasteiger partial charge in [-0.25, -0.2) is 0 Å². The van der Waals surface area contributed by atoms with Gasteiger partial charge in [0.2, 0.25) is 5.89 Å². The normalized spacial score (nSPS) is 12.2. The van der Waals surface area contributed by atoms with Crippen molar-refractivity contribution in [1.29, 1.82) is 0 Å². The first-order valence-electron chi connectivity index (χ1n) is 8.80. The summed E-state index contributed by atoms with van der Waals surface area (Å²) in [4.78, 5) is 21.0. The first-order valence-corrected chi connectivity index (χ1v) is 8.80. The lowest BCUT2D eigenvalue weighted by Crippen LogP contribution is -2.22. The molecule has 0 saturated heterocycles. The molecule has 27 heavy (non-hydrogen) atoms. The van der Waals surface area contributed by atoms with Crippen molar-refractivity contribution in [3.63, 3.8) is 0 Å². The third-order valence-corrected chi connectivity index (χ3v) is 4.04. The van der Waals surface area contributed by atoms with E-state index in [0.717, 1.165) is 11.3 Å². The zero-order valence-corrected chi connectivity index (χ0v) is 15.5. The predicted molar refractivity (Wildman–Crippen MR) is 99.9 cm³/mol. The average Bonchev–Trinajstić information content (AvgIpc) is 3.16. The van der Waals surface area contributed by atoms with Gasteiger partial charge in [0, 0.05) is 17.0 Å². The molecule has 1 aromatic carbocycles. The lowest BCUT2D eigenvalue weighted by molar-refractivity contribution is 0.0946. The van der Waals surface area contributed by atoms with Gasteiger partial charge >= 0.3 is 0 Å². The Balaban J connectivity index is 1.65. The number of rotatable bonds is 6. The maximum absolute atomic E-state index is 12.3. The number of aromatic nitrogens is 3. The van der Waals surface area contributed by atoms with Gasteiger partial charge < -0.3 is 14.9 Å². The second kappa shape index (κ2) is 8.09. The summed E-state index contributed by atoms with van der Waals surface area (Å²) in [6.07, 6.45) is -0.629. The standard InChI is InChI=1S/C20H22N4O3/c1-12(2)19-23-18(27-24-19)11-21-20(26)15-9-7-14(8-10-15)17-6-4-5-16(22-17)13(3)25/h4-10,12-13,25H,11H2,1-3H3,(H,21,26)/t13-/m1/s1. The monoisotopic (exact) mass is 366 g/mol. The van der Waals surface area contributed by atoms with Gasteiger partial charge in [0.05, 0.1) is 24.0 Å². The van der Waals surface area contributed by atoms with Crippen LogP contribution in [-0.4, -0.2) is 26.1 Å². The van der Waals surface area contributed by atoms with Crippen molar-refractivity contribution >= 4 is 5.91 Å². The summed E-state index contributed by atoms with van der Waals surface area (Å²) >= 11 is 0. The maximum Gasteiger partial charge on any atom is 0.251 e. The zero-order valence-electron chi connectivity index (χ0n) is 15.5. The fourth-order valence-electron chi connectivity index (χ4n) is 2.47. The van der Waals surface area contributed by atoms with Gasteiger partial charge in [-0.1, -0.05) is 37.2 Å². The lowest BCUT2D eigenvalue weighted by atomic mass is 10.1. The fourth-order valence-corrected chi connectivity index (χ4v) is 2.47. The van der Waals surface area contributed by atoms with Gasteiger partial charge in [-0.3, -0.25) is 9.78 Å². The van der Waals surface area contributed by atoms with Crippen LogP contribution in [0.4, 0.5) is 0 Å². The molecule has 0 aliphatic carbocycles. The predicted octanol–water partition coefficient (Wildman–Crippen LogP) is 3.24. The number of amides is 1. The Morgan fingerprint density at radius 3 is 2.48 bits per heavy atom. The van der Waals surface area contributed by atoms with Crippen LogP contribution in [0.2, 0.25) is 0 Å². The minimum Gasteiger partial charge on any atom is -0.387 e. The number of nitrogens with one attached hydrogen (secondary N) is 1. The largest absolute Gasteiger partial charge is 0.387 e. The number of benzene rings is 1. The number of carbonyl (C=O) groups is 1. The Morgan fingerprint density at radius 2 is 1.85 bits per heavy atom. The quantitative estimate of drug-likeness (QED) is 0.694. The van der Waals surface area contributed by atoms with Crippen LogP contribution in [0, 0.1) is 0 Å². The summed E-state index contributed by atoms with van der Waals surface area (Å²) in [7, 11) is 0. The van der Waals surface area contributed by atoms with Crippen LogP contribution in [0.15, 0.2) is 47.0 Å². The molecule has 7 heteroatoms. The third kappa shape index (κ3) is 4.57. The number of aliphatic hydroxyl groups excluding tert-OH is 1. The zero-order chi connectivity index (χ0) is 19.4. The summed E-state index contributed by atoms with van der Waals surface area (Å²) < 4.78 is 5.12. The van der Waals surface area contributed by atoms with Gasteiger partial charge in [-0.2, -0.15) is 4.98 Å². The molecule has 3 aromatic rings. The number of pyridine rings is 1. The highest BCUT2D eigenvalue weighted by Crippen LogP contribution is 2.20. The second-order valence-corrected chi connectivity index (χ2v) is 6.58. The maximum atomic E-state index is 12.3. The molecule has 7 nitrogen and oxygen atoms in total. The minimum absolute atomic E-state index is 0.173. The van der Waals surface area contributed by atoms with Crippen LogP contribution in [0.25, 0.3) is 11.3 Å². The molecule has 2 heterocycles. The van der Waals surface area contributed by atoms with Crippen molar-refractivity contribution < 1.29 is 14.4 Å². The minimum atomic E-state index is -0.629. The highest BCUT2D eigenvalue weighted by atomic mass is 16.5. The summed E-state index contributed by atoms with van der Waals surface area (Å²) in [5, 5.41) is 16.3. The molecule has 3 rings (SSSR count). The fraction of sp³-hybridized carbons (Fsp3) is 0.300. The van der Waals surface area contributed by atoms with Crippen LogP contribution in [0.5, 0.6) is 0 Å². The molecule has 0 radical (unpaired) electrons. The first-order chi connectivity index (χ1) is 12.9. The second-order valence-electron chi connectivity index (χ2n) is 6.58. The van der Waals surface area contributed by atoms with Crippen molar-refractivity contribution in [3.8, 4) is 11.3 Å². The van der Waals surface area contributed by atoms with Crippen LogP contribution >= 0.6 is 0 Å². The molecule has 0 bridgehead atoms. The molecule has 0 fully saturated rings. The molecule has 2 aromatic heterocycles. The van der Waals surface area contributed by atoms with E-state index >= 15 is 0 Å². The van der Waals surface area contributed by atoms with Gasteiger partial charge in [0.25, 0.3) is 5.91 Å². The van der Waals surface area contributed by atoms with Crippen molar-refractivity contribution in [2.45, 2.75) is 39.3 Å². The molecule has 0 aliphatic rings. The van der Waals surface area contributed by atoms with E-state index in [1.807, 2.05) is 38.1 Å². The highest BCUT2D eigenvalue weighted by Gasteiger charge is 2.12. The van der Waals surface area contributed by atoms with Gasteiger partial charge in [0.1, 0.15) is 0 Å². The molecular formula is C20H22N4O3. The molecular weight excluding hydrogens is 344 g/mol. The Hall–Kier alpha value is -3.06. The van der Waals surface area contributed by atoms with E-state index in [9.17, 15) is 9.90 Å². The first kappa shape index (κ1) is 18.7. The van der Waals surface area contributed by atoms with Gasteiger partial charge in [0.15, 0.2) is 5.82 Å². The summed E-state index contributed by atoms with van der Waals surface area (Å²) in [6.45, 7) is 5.80.